The Balaban J connectivity index is 0.000000408. The van der Waals surface area contributed by atoms with Gasteiger partial charge in [0, 0.05) is 18.1 Å². The maximum atomic E-state index is 10.1. The number of carboxylic acid groups (broad SMARTS) is 1. The summed E-state index contributed by atoms with van der Waals surface area (Å²) in [5.74, 6) is -3.20. The average Bonchev–Trinajstić information content (AvgIpc) is 2.74. The summed E-state index contributed by atoms with van der Waals surface area (Å²) in [5.41, 5.74) is 16.9. The van der Waals surface area contributed by atoms with Crippen molar-refractivity contribution in [3.8, 4) is 0 Å². The normalized spacial score (nSPS) is 20.4. The fourth-order valence-electron chi connectivity index (χ4n) is 3.61. The van der Waals surface area contributed by atoms with Crippen molar-refractivity contribution >= 4 is 19.6 Å². The van der Waals surface area contributed by atoms with Crippen molar-refractivity contribution in [3.05, 3.63) is 0 Å². The van der Waals surface area contributed by atoms with Crippen LogP contribution in [0.2, 0.25) is 0 Å². The molecule has 3 aliphatic carbocycles. The molecule has 0 atom stereocenters. The first-order chi connectivity index (χ1) is 15.0. The van der Waals surface area contributed by atoms with Crippen molar-refractivity contribution in [2.24, 2.45) is 17.2 Å². The fourth-order valence-corrected chi connectivity index (χ4v) is 3.89. The molecule has 0 radical (unpaired) electrons. The molecular formula is C21H44N3O7P. The van der Waals surface area contributed by atoms with Gasteiger partial charge in [0.1, 0.15) is 6.61 Å². The van der Waals surface area contributed by atoms with Gasteiger partial charge in [-0.3, -0.25) is 9.32 Å². The Morgan fingerprint density at radius 2 is 0.969 bits per heavy atom. The number of nitrogens with two attached hydrogens (primary N) is 3. The molecule has 0 aromatic heterocycles. The zero-order chi connectivity index (χ0) is 24.4. The van der Waals surface area contributed by atoms with E-state index in [2.05, 4.69) is 4.52 Å². The number of carbonyl (C=O) groups excluding carboxylic acids is 1. The number of carboxylic acids is 1. The number of phosphoric ester groups is 1. The Hall–Kier alpha value is -0.870. The van der Waals surface area contributed by atoms with Crippen molar-refractivity contribution < 1.29 is 33.6 Å². The standard InChI is InChI=1S/3C6H13N.C3H5O7P/c3*7-6-4-2-1-3-5-6;4-2(3(5)6)1-10-11(7,8)9/h3*6H,1-5,7H2;1H2,(H,5,6)(H2,7,8,9). The van der Waals surface area contributed by atoms with E-state index in [0.29, 0.717) is 18.1 Å². The van der Waals surface area contributed by atoms with Crippen molar-refractivity contribution in [1.82, 2.24) is 0 Å². The second-order valence-electron chi connectivity index (χ2n) is 8.69. The SMILES string of the molecule is NC1CCCCC1.NC1CCCCC1.NC1CCCCC1.O=C(O)C(=O)COP(=O)(O)O. The van der Waals surface area contributed by atoms with E-state index >= 15 is 0 Å². The van der Waals surface area contributed by atoms with Gasteiger partial charge in [-0.2, -0.15) is 0 Å². The van der Waals surface area contributed by atoms with E-state index in [0.717, 1.165) is 0 Å². The number of Topliss-reactive ketones (excluding diaryl/α,β-unsaturated/α-hetero) is 1. The molecule has 0 aliphatic heterocycles. The number of phosphoric acid groups is 1. The van der Waals surface area contributed by atoms with Crippen LogP contribution in [0.4, 0.5) is 0 Å². The molecule has 0 amide bonds. The van der Waals surface area contributed by atoms with E-state index in [9.17, 15) is 14.2 Å². The lowest BCUT2D eigenvalue weighted by atomic mass is 9.97. The van der Waals surface area contributed by atoms with Gasteiger partial charge >= 0.3 is 13.8 Å². The largest absolute Gasteiger partial charge is 0.475 e. The molecule has 10 nitrogen and oxygen atoms in total. The Labute approximate surface area is 191 Å². The molecule has 11 heteroatoms. The highest BCUT2D eigenvalue weighted by Crippen LogP contribution is 2.35. The van der Waals surface area contributed by atoms with Gasteiger partial charge in [-0.15, -0.1) is 0 Å². The smallest absolute Gasteiger partial charge is 0.470 e. The third-order valence-corrected chi connectivity index (χ3v) is 6.02. The van der Waals surface area contributed by atoms with Crippen molar-refractivity contribution in [1.29, 1.82) is 0 Å². The van der Waals surface area contributed by atoms with Gasteiger partial charge in [0.2, 0.25) is 0 Å². The molecule has 0 aromatic carbocycles. The molecule has 0 heterocycles. The quantitative estimate of drug-likeness (QED) is 0.256. The summed E-state index contributed by atoms with van der Waals surface area (Å²) in [6, 6.07) is 1.61. The number of carbonyl (C=O) groups is 2. The van der Waals surface area contributed by atoms with E-state index in [1.165, 1.54) is 96.3 Å². The second-order valence-corrected chi connectivity index (χ2v) is 9.93. The van der Waals surface area contributed by atoms with Gasteiger partial charge in [0.25, 0.3) is 5.78 Å². The third-order valence-electron chi connectivity index (χ3n) is 5.55. The molecule has 0 aromatic rings. The van der Waals surface area contributed by atoms with Gasteiger partial charge in [0.05, 0.1) is 0 Å². The van der Waals surface area contributed by atoms with Crippen LogP contribution in [0.5, 0.6) is 0 Å². The minimum absolute atomic E-state index is 0.536. The zero-order valence-corrected chi connectivity index (χ0v) is 20.1. The van der Waals surface area contributed by atoms with Crippen LogP contribution < -0.4 is 17.2 Å². The first kappa shape index (κ1) is 31.1. The highest BCUT2D eigenvalue weighted by molar-refractivity contribution is 7.46. The van der Waals surface area contributed by atoms with Gasteiger partial charge in [-0.05, 0) is 38.5 Å². The van der Waals surface area contributed by atoms with Crippen LogP contribution >= 0.6 is 7.82 Å². The molecule has 3 saturated carbocycles. The molecule has 190 valence electrons. The highest BCUT2D eigenvalue weighted by atomic mass is 31.2. The third kappa shape index (κ3) is 21.0. The van der Waals surface area contributed by atoms with Gasteiger partial charge in [0.15, 0.2) is 0 Å². The summed E-state index contributed by atoms with van der Waals surface area (Å²) in [7, 11) is -4.74. The Kier molecular flexibility index (Phi) is 18.0. The van der Waals surface area contributed by atoms with E-state index < -0.39 is 26.2 Å². The molecule has 0 bridgehead atoms. The molecular weight excluding hydrogens is 437 g/mol. The van der Waals surface area contributed by atoms with Crippen LogP contribution in [0.3, 0.4) is 0 Å². The monoisotopic (exact) mass is 481 g/mol. The van der Waals surface area contributed by atoms with Crippen molar-refractivity contribution in [3.63, 3.8) is 0 Å². The molecule has 0 spiro atoms. The maximum absolute atomic E-state index is 10.1. The maximum Gasteiger partial charge on any atom is 0.470 e. The molecule has 9 N–H and O–H groups in total. The summed E-state index contributed by atoms with van der Waals surface area (Å²) in [5, 5.41) is 7.90. The molecule has 32 heavy (non-hydrogen) atoms. The lowest BCUT2D eigenvalue weighted by molar-refractivity contribution is -0.150. The Bertz CT molecular complexity index is 503. The van der Waals surface area contributed by atoms with E-state index in [1.54, 1.807) is 0 Å². The lowest BCUT2D eigenvalue weighted by Gasteiger charge is -2.15. The summed E-state index contributed by atoms with van der Waals surface area (Å²) in [6.07, 6.45) is 20.0. The number of aliphatic carboxylic acids is 1. The van der Waals surface area contributed by atoms with Crippen LogP contribution in [0, 0.1) is 0 Å². The van der Waals surface area contributed by atoms with E-state index in [4.69, 9.17) is 32.1 Å². The van der Waals surface area contributed by atoms with Crippen LogP contribution in [0.1, 0.15) is 96.3 Å². The van der Waals surface area contributed by atoms with Crippen LogP contribution in [0.15, 0.2) is 0 Å². The van der Waals surface area contributed by atoms with Crippen molar-refractivity contribution in [2.75, 3.05) is 6.61 Å². The first-order valence-corrected chi connectivity index (χ1v) is 13.3. The highest BCUT2D eigenvalue weighted by Gasteiger charge is 2.19. The minimum Gasteiger partial charge on any atom is -0.475 e. The minimum atomic E-state index is -4.74. The average molecular weight is 482 g/mol. The molecule has 0 unspecified atom stereocenters. The molecule has 3 rings (SSSR count). The number of hydrogen-bond acceptors (Lipinski definition) is 7. The van der Waals surface area contributed by atoms with Crippen LogP contribution in [0.25, 0.3) is 0 Å². The first-order valence-electron chi connectivity index (χ1n) is 11.7. The van der Waals surface area contributed by atoms with Crippen LogP contribution in [-0.2, 0) is 18.7 Å². The number of hydrogen-bond donors (Lipinski definition) is 6. The second kappa shape index (κ2) is 18.5. The fraction of sp³-hybridized carbons (Fsp3) is 0.905. The molecule has 3 aliphatic rings. The van der Waals surface area contributed by atoms with E-state index in [-0.39, 0.29) is 0 Å². The predicted molar refractivity (Wildman–Crippen MR) is 124 cm³/mol. The predicted octanol–water partition coefficient (Wildman–Crippen LogP) is 2.58. The topological polar surface area (TPSA) is 199 Å². The summed E-state index contributed by atoms with van der Waals surface area (Å²) in [6.45, 7) is -1.13. The van der Waals surface area contributed by atoms with E-state index in [1.807, 2.05) is 0 Å². The van der Waals surface area contributed by atoms with Crippen molar-refractivity contribution in [2.45, 2.75) is 114 Å². The lowest BCUT2D eigenvalue weighted by Crippen LogP contribution is -2.22. The molecule has 3 fully saturated rings. The number of ketones is 1. The summed E-state index contributed by atoms with van der Waals surface area (Å²) in [4.78, 5) is 35.8. The van der Waals surface area contributed by atoms with Crippen LogP contribution in [-0.4, -0.2) is 51.4 Å². The zero-order valence-electron chi connectivity index (χ0n) is 19.2. The summed E-state index contributed by atoms with van der Waals surface area (Å²) < 4.78 is 13.5. The molecule has 0 saturated heterocycles. The number of rotatable bonds is 4. The Morgan fingerprint density at radius 3 is 1.12 bits per heavy atom. The Morgan fingerprint density at radius 1 is 0.688 bits per heavy atom. The van der Waals surface area contributed by atoms with Gasteiger partial charge in [-0.25, -0.2) is 9.36 Å². The van der Waals surface area contributed by atoms with Gasteiger partial charge < -0.3 is 32.1 Å². The van der Waals surface area contributed by atoms with Gasteiger partial charge in [-0.1, -0.05) is 57.8 Å². The summed E-state index contributed by atoms with van der Waals surface area (Å²) >= 11 is 0.